The molecule has 0 bridgehead atoms. The van der Waals surface area contributed by atoms with Gasteiger partial charge < -0.3 is 14.8 Å². The number of carbonyl (C=O) groups excluding carboxylic acids is 2. The van der Waals surface area contributed by atoms with Gasteiger partial charge in [0.1, 0.15) is 5.57 Å². The molecule has 1 atom stereocenters. The van der Waals surface area contributed by atoms with Crippen LogP contribution in [0.2, 0.25) is 0 Å². The van der Waals surface area contributed by atoms with Gasteiger partial charge in [-0.25, -0.2) is 4.79 Å². The number of hydrogen-bond acceptors (Lipinski definition) is 4. The first-order valence-electron chi connectivity index (χ1n) is 9.86. The van der Waals surface area contributed by atoms with Crippen molar-refractivity contribution >= 4 is 22.7 Å². The molecule has 1 aliphatic heterocycles. The minimum Gasteiger partial charge on any atom is -0.507 e. The first-order chi connectivity index (χ1) is 13.1. The summed E-state index contributed by atoms with van der Waals surface area (Å²) in [6, 6.07) is 7.91. The minimum absolute atomic E-state index is 0.143. The highest BCUT2D eigenvalue weighted by molar-refractivity contribution is 6.19. The van der Waals surface area contributed by atoms with Gasteiger partial charge in [-0.05, 0) is 30.4 Å². The summed E-state index contributed by atoms with van der Waals surface area (Å²) >= 11 is 0. The highest BCUT2D eigenvalue weighted by atomic mass is 16.6. The molecular formula is C22H25NO4. The quantitative estimate of drug-likeness (QED) is 0.587. The van der Waals surface area contributed by atoms with Crippen LogP contribution < -0.4 is 0 Å². The number of hydrogen-bond donors (Lipinski definition) is 2. The van der Waals surface area contributed by atoms with E-state index in [1.165, 1.54) is 19.3 Å². The number of nitrogens with one attached hydrogen (secondary N) is 1. The molecule has 0 radical (unpaired) electrons. The highest BCUT2D eigenvalue weighted by Crippen LogP contribution is 2.33. The molecule has 0 spiro atoms. The van der Waals surface area contributed by atoms with Crippen LogP contribution in [0.5, 0.6) is 0 Å². The van der Waals surface area contributed by atoms with Gasteiger partial charge in [-0.15, -0.1) is 0 Å². The molecule has 2 N–H and O–H groups in total. The molecule has 4 rings (SSSR count). The Balaban J connectivity index is 1.43. The van der Waals surface area contributed by atoms with Crippen LogP contribution in [0.4, 0.5) is 0 Å². The molecule has 5 nitrogen and oxygen atoms in total. The van der Waals surface area contributed by atoms with E-state index in [-0.39, 0.29) is 23.5 Å². The molecule has 2 aromatic rings. The van der Waals surface area contributed by atoms with Crippen LogP contribution in [0.1, 0.15) is 50.5 Å². The fourth-order valence-corrected chi connectivity index (χ4v) is 4.36. The number of ether oxygens (including phenoxy) is 1. The van der Waals surface area contributed by atoms with Crippen molar-refractivity contribution in [3.05, 3.63) is 47.4 Å². The Labute approximate surface area is 158 Å². The van der Waals surface area contributed by atoms with Crippen LogP contribution in [0.3, 0.4) is 0 Å². The molecule has 1 saturated carbocycles. The third kappa shape index (κ3) is 3.64. The van der Waals surface area contributed by atoms with Crippen LogP contribution >= 0.6 is 0 Å². The Bertz CT molecular complexity index is 889. The number of aliphatic hydroxyl groups is 1. The lowest BCUT2D eigenvalue weighted by Crippen LogP contribution is -2.18. The fourth-order valence-electron chi connectivity index (χ4n) is 4.36. The van der Waals surface area contributed by atoms with Gasteiger partial charge >= 0.3 is 5.97 Å². The summed E-state index contributed by atoms with van der Waals surface area (Å²) in [5.74, 6) is -0.708. The molecule has 1 fully saturated rings. The van der Waals surface area contributed by atoms with Crippen LogP contribution in [-0.4, -0.2) is 27.9 Å². The fraction of sp³-hybridized carbons (Fsp3) is 0.455. The van der Waals surface area contributed by atoms with Crippen molar-refractivity contribution in [1.82, 2.24) is 4.98 Å². The number of aromatic nitrogens is 1. The summed E-state index contributed by atoms with van der Waals surface area (Å²) in [4.78, 5) is 28.0. The number of Topliss-reactive ketones (excluding diaryl/α,β-unsaturated/α-hetero) is 1. The Kier molecular flexibility index (Phi) is 5.01. The summed E-state index contributed by atoms with van der Waals surface area (Å²) in [7, 11) is 0. The average molecular weight is 367 g/mol. The van der Waals surface area contributed by atoms with Gasteiger partial charge in [0.2, 0.25) is 0 Å². The molecule has 1 aromatic heterocycles. The average Bonchev–Trinajstić information content (AvgIpc) is 3.21. The third-order valence-corrected chi connectivity index (χ3v) is 5.86. The van der Waals surface area contributed by atoms with Gasteiger partial charge in [0.25, 0.3) is 0 Å². The Morgan fingerprint density at radius 1 is 1.19 bits per heavy atom. The number of cyclic esters (lactones) is 1. The van der Waals surface area contributed by atoms with Crippen LogP contribution in [-0.2, 0) is 20.7 Å². The maximum absolute atomic E-state index is 12.6. The number of esters is 1. The molecule has 0 saturated heterocycles. The van der Waals surface area contributed by atoms with E-state index in [0.717, 1.165) is 29.3 Å². The van der Waals surface area contributed by atoms with E-state index < -0.39 is 12.1 Å². The van der Waals surface area contributed by atoms with Gasteiger partial charge in [-0.3, -0.25) is 4.79 Å². The molecule has 1 aliphatic carbocycles. The van der Waals surface area contributed by atoms with Crippen molar-refractivity contribution in [3.63, 3.8) is 0 Å². The lowest BCUT2D eigenvalue weighted by molar-refractivity contribution is -0.141. The first-order valence-corrected chi connectivity index (χ1v) is 9.86. The largest absolute Gasteiger partial charge is 0.507 e. The van der Waals surface area contributed by atoms with Gasteiger partial charge in [-0.1, -0.05) is 50.3 Å². The maximum atomic E-state index is 12.6. The molecule has 5 heteroatoms. The van der Waals surface area contributed by atoms with Crippen molar-refractivity contribution in [3.8, 4) is 0 Å². The lowest BCUT2D eigenvalue weighted by atomic mass is 9.85. The smallest absolute Gasteiger partial charge is 0.346 e. The predicted molar refractivity (Wildman–Crippen MR) is 102 cm³/mol. The van der Waals surface area contributed by atoms with Crippen molar-refractivity contribution in [2.75, 3.05) is 0 Å². The van der Waals surface area contributed by atoms with Gasteiger partial charge in [0, 0.05) is 23.5 Å². The number of carbonyl (C=O) groups is 2. The second kappa shape index (κ2) is 7.59. The molecule has 1 unspecified atom stereocenters. The standard InChI is InChI=1S/C22H25NO4/c24-18(11-10-15-13-23-17-9-5-4-8-16(15)17)20-21(25)19(27-22(20)26)12-14-6-2-1-3-7-14/h4-5,8-9,13-14,19,23,25H,1-3,6-7,10-12H2. The Hall–Kier alpha value is -2.56. The Morgan fingerprint density at radius 3 is 2.78 bits per heavy atom. The van der Waals surface area contributed by atoms with Crippen molar-refractivity contribution in [2.24, 2.45) is 5.92 Å². The number of aliphatic hydroxyl groups excluding tert-OH is 1. The van der Waals surface area contributed by atoms with E-state index >= 15 is 0 Å². The van der Waals surface area contributed by atoms with Crippen LogP contribution in [0.25, 0.3) is 10.9 Å². The Morgan fingerprint density at radius 2 is 1.96 bits per heavy atom. The van der Waals surface area contributed by atoms with Crippen LogP contribution in [0.15, 0.2) is 41.8 Å². The number of fused-ring (bicyclic) bond motifs is 1. The normalized spacial score (nSPS) is 21.0. The summed E-state index contributed by atoms with van der Waals surface area (Å²) in [6.07, 6.45) is 8.39. The molecule has 142 valence electrons. The van der Waals surface area contributed by atoms with Gasteiger partial charge in [-0.2, -0.15) is 0 Å². The number of benzene rings is 1. The second-order valence-electron chi connectivity index (χ2n) is 7.68. The monoisotopic (exact) mass is 367 g/mol. The van der Waals surface area contributed by atoms with Crippen molar-refractivity contribution in [1.29, 1.82) is 0 Å². The van der Waals surface area contributed by atoms with E-state index in [0.29, 0.717) is 18.8 Å². The lowest BCUT2D eigenvalue weighted by Gasteiger charge is -2.23. The zero-order valence-corrected chi connectivity index (χ0v) is 15.4. The molecular weight excluding hydrogens is 342 g/mol. The third-order valence-electron chi connectivity index (χ3n) is 5.86. The molecule has 2 heterocycles. The van der Waals surface area contributed by atoms with E-state index in [4.69, 9.17) is 4.74 Å². The van der Waals surface area contributed by atoms with Crippen LogP contribution in [0, 0.1) is 5.92 Å². The van der Waals surface area contributed by atoms with Crippen molar-refractivity contribution in [2.45, 2.75) is 57.5 Å². The minimum atomic E-state index is -0.669. The van der Waals surface area contributed by atoms with E-state index in [2.05, 4.69) is 4.98 Å². The summed E-state index contributed by atoms with van der Waals surface area (Å²) in [5.41, 5.74) is 1.91. The highest BCUT2D eigenvalue weighted by Gasteiger charge is 2.39. The number of H-pyrrole nitrogens is 1. The van der Waals surface area contributed by atoms with E-state index in [1.807, 2.05) is 30.5 Å². The zero-order valence-electron chi connectivity index (χ0n) is 15.4. The molecule has 0 amide bonds. The van der Waals surface area contributed by atoms with Crippen molar-refractivity contribution < 1.29 is 19.4 Å². The number of para-hydroxylation sites is 1. The topological polar surface area (TPSA) is 79.4 Å². The van der Waals surface area contributed by atoms with E-state index in [1.54, 1.807) is 0 Å². The summed E-state index contributed by atoms with van der Waals surface area (Å²) < 4.78 is 5.33. The number of aromatic amines is 1. The number of aryl methyl sites for hydroxylation is 1. The first kappa shape index (κ1) is 17.8. The number of rotatable bonds is 6. The SMILES string of the molecule is O=C(CCc1c[nH]c2ccccc12)C1=C(O)C(CC2CCCCC2)OC1=O. The maximum Gasteiger partial charge on any atom is 0.346 e. The van der Waals surface area contributed by atoms with Gasteiger partial charge in [0.05, 0.1) is 0 Å². The molecule has 1 aromatic carbocycles. The summed E-state index contributed by atoms with van der Waals surface area (Å²) in [6.45, 7) is 0. The molecule has 2 aliphatic rings. The summed E-state index contributed by atoms with van der Waals surface area (Å²) in [5, 5.41) is 11.5. The second-order valence-corrected chi connectivity index (χ2v) is 7.68. The number of ketones is 1. The van der Waals surface area contributed by atoms with Gasteiger partial charge in [0.15, 0.2) is 17.6 Å². The molecule has 27 heavy (non-hydrogen) atoms. The van der Waals surface area contributed by atoms with E-state index in [9.17, 15) is 14.7 Å². The predicted octanol–water partition coefficient (Wildman–Crippen LogP) is 4.38. The zero-order chi connectivity index (χ0) is 18.8.